The maximum atomic E-state index is 13.2. The number of hydrogen-bond acceptors (Lipinski definition) is 5. The summed E-state index contributed by atoms with van der Waals surface area (Å²) in [7, 11) is 0. The zero-order valence-electron chi connectivity index (χ0n) is 15.3. The molecule has 9 heteroatoms. The number of Topliss-reactive ketones (excluding diaryl/α,β-unsaturated/α-hetero) is 1. The van der Waals surface area contributed by atoms with Crippen LogP contribution in [0.1, 0.15) is 42.1 Å². The Morgan fingerprint density at radius 1 is 1.33 bits per heavy atom. The number of amides is 1. The average Bonchev–Trinajstić information content (AvgIpc) is 2.94. The van der Waals surface area contributed by atoms with Crippen molar-refractivity contribution in [2.75, 3.05) is 19.7 Å². The van der Waals surface area contributed by atoms with Crippen molar-refractivity contribution < 1.29 is 31.9 Å². The van der Waals surface area contributed by atoms with Gasteiger partial charge in [0.25, 0.3) is 5.91 Å². The zero-order chi connectivity index (χ0) is 20.2. The van der Waals surface area contributed by atoms with Crippen LogP contribution in [0.4, 0.5) is 13.2 Å². The van der Waals surface area contributed by atoms with Crippen molar-refractivity contribution in [2.45, 2.75) is 39.0 Å². The Morgan fingerprint density at radius 2 is 2.00 bits per heavy atom. The normalized spacial score (nSPS) is 25.6. The first-order valence-electron chi connectivity index (χ1n) is 8.49. The number of morpholine rings is 1. The summed E-state index contributed by atoms with van der Waals surface area (Å²) in [6, 6.07) is 1.09. The van der Waals surface area contributed by atoms with Crippen molar-refractivity contribution in [3.8, 4) is 0 Å². The molecule has 0 bridgehead atoms. The molecule has 2 aliphatic rings. The van der Waals surface area contributed by atoms with Gasteiger partial charge in [0.15, 0.2) is 5.78 Å². The molecule has 1 unspecified atom stereocenters. The quantitative estimate of drug-likeness (QED) is 0.802. The molecule has 2 N–H and O–H groups in total. The van der Waals surface area contributed by atoms with Gasteiger partial charge in [-0.15, -0.1) is 0 Å². The van der Waals surface area contributed by atoms with Crippen LogP contribution in [0.3, 0.4) is 0 Å². The Kier molecular flexibility index (Phi) is 4.41. The first-order valence-corrected chi connectivity index (χ1v) is 8.49. The third kappa shape index (κ3) is 3.47. The lowest BCUT2D eigenvalue weighted by atomic mass is 9.71. The van der Waals surface area contributed by atoms with Crippen LogP contribution < -0.4 is 5.73 Å². The van der Waals surface area contributed by atoms with Gasteiger partial charge in [0, 0.05) is 12.0 Å². The van der Waals surface area contributed by atoms with E-state index in [-0.39, 0.29) is 43.4 Å². The molecule has 1 saturated heterocycles. The molecule has 1 atom stereocenters. The molecule has 1 aromatic rings. The summed E-state index contributed by atoms with van der Waals surface area (Å²) in [5, 5.41) is 0. The molecule has 1 aliphatic carbocycles. The van der Waals surface area contributed by atoms with Gasteiger partial charge < -0.3 is 19.8 Å². The first-order chi connectivity index (χ1) is 12.3. The third-order valence-electron chi connectivity index (χ3n) is 4.88. The van der Waals surface area contributed by atoms with Crippen molar-refractivity contribution in [3.05, 3.63) is 34.9 Å². The number of halogens is 3. The van der Waals surface area contributed by atoms with Crippen molar-refractivity contribution >= 4 is 11.7 Å². The highest BCUT2D eigenvalue weighted by molar-refractivity contribution is 6.00. The summed E-state index contributed by atoms with van der Waals surface area (Å²) in [4.78, 5) is 26.3. The standard InChI is InChI=1S/C18H21F3N2O4/c1-10-6-11(14(27-10)18(19,20)21)15(25)23-4-5-26-17(9-23)7-12(22)13(24)16(2,3)8-17/h6-7H,4-5,8-9,22H2,1-3H3. The van der Waals surface area contributed by atoms with Gasteiger partial charge in [-0.25, -0.2) is 0 Å². The van der Waals surface area contributed by atoms with Gasteiger partial charge >= 0.3 is 6.18 Å². The summed E-state index contributed by atoms with van der Waals surface area (Å²) < 4.78 is 50.1. The van der Waals surface area contributed by atoms with E-state index in [0.717, 1.165) is 6.07 Å². The molecule has 148 valence electrons. The van der Waals surface area contributed by atoms with Gasteiger partial charge in [0.05, 0.1) is 24.4 Å². The molecular formula is C18H21F3N2O4. The number of rotatable bonds is 1. The van der Waals surface area contributed by atoms with E-state index in [4.69, 9.17) is 14.9 Å². The van der Waals surface area contributed by atoms with E-state index < -0.39 is 34.4 Å². The second-order valence-electron chi connectivity index (χ2n) is 7.73. The lowest BCUT2D eigenvalue weighted by molar-refractivity contribution is -0.154. The highest BCUT2D eigenvalue weighted by Gasteiger charge is 2.49. The molecule has 0 radical (unpaired) electrons. The smallest absolute Gasteiger partial charge is 0.450 e. The van der Waals surface area contributed by atoms with E-state index in [0.29, 0.717) is 0 Å². The van der Waals surface area contributed by atoms with E-state index in [1.165, 1.54) is 17.9 Å². The Balaban J connectivity index is 1.92. The van der Waals surface area contributed by atoms with Crippen molar-refractivity contribution in [3.63, 3.8) is 0 Å². The number of furan rings is 1. The fourth-order valence-electron chi connectivity index (χ4n) is 3.85. The second kappa shape index (κ2) is 6.12. The molecule has 2 heterocycles. The van der Waals surface area contributed by atoms with Gasteiger partial charge in [-0.2, -0.15) is 13.2 Å². The lowest BCUT2D eigenvalue weighted by Gasteiger charge is -2.46. The van der Waals surface area contributed by atoms with Gasteiger partial charge in [0.2, 0.25) is 5.76 Å². The number of aryl methyl sites for hydroxylation is 1. The molecule has 6 nitrogen and oxygen atoms in total. The highest BCUT2D eigenvalue weighted by Crippen LogP contribution is 2.41. The molecular weight excluding hydrogens is 365 g/mol. The van der Waals surface area contributed by atoms with E-state index in [1.54, 1.807) is 13.8 Å². The van der Waals surface area contributed by atoms with E-state index >= 15 is 0 Å². The van der Waals surface area contributed by atoms with Crippen molar-refractivity contribution in [2.24, 2.45) is 11.1 Å². The minimum Gasteiger partial charge on any atom is -0.456 e. The van der Waals surface area contributed by atoms with E-state index in [2.05, 4.69) is 0 Å². The number of carbonyl (C=O) groups excluding carboxylic acids is 2. The summed E-state index contributed by atoms with van der Waals surface area (Å²) in [5.74, 6) is -2.31. The van der Waals surface area contributed by atoms with Crippen LogP contribution in [-0.2, 0) is 15.7 Å². The number of nitrogens with zero attached hydrogens (tertiary/aromatic N) is 1. The number of nitrogens with two attached hydrogens (primary N) is 1. The number of ether oxygens (including phenoxy) is 1. The topological polar surface area (TPSA) is 85.8 Å². The van der Waals surface area contributed by atoms with E-state index in [9.17, 15) is 22.8 Å². The average molecular weight is 386 g/mol. The molecule has 1 aromatic heterocycles. The van der Waals surface area contributed by atoms with Crippen LogP contribution in [0, 0.1) is 12.3 Å². The Hall–Kier alpha value is -2.29. The second-order valence-corrected chi connectivity index (χ2v) is 7.73. The van der Waals surface area contributed by atoms with Gasteiger partial charge in [-0.05, 0) is 25.5 Å². The number of alkyl halides is 3. The van der Waals surface area contributed by atoms with Crippen LogP contribution in [0.15, 0.2) is 22.3 Å². The summed E-state index contributed by atoms with van der Waals surface area (Å²) in [6.07, 6.45) is -3.02. The predicted octanol–water partition coefficient (Wildman–Crippen LogP) is 2.66. The molecule has 1 amide bonds. The molecule has 0 aromatic carbocycles. The number of allylic oxidation sites excluding steroid dienone is 1. The minimum atomic E-state index is -4.77. The van der Waals surface area contributed by atoms with Crippen LogP contribution >= 0.6 is 0 Å². The Bertz CT molecular complexity index is 825. The first kappa shape index (κ1) is 19.5. The third-order valence-corrected chi connectivity index (χ3v) is 4.88. The summed E-state index contributed by atoms with van der Waals surface area (Å²) >= 11 is 0. The number of carbonyl (C=O) groups is 2. The fourth-order valence-corrected chi connectivity index (χ4v) is 3.85. The highest BCUT2D eigenvalue weighted by atomic mass is 19.4. The molecule has 27 heavy (non-hydrogen) atoms. The van der Waals surface area contributed by atoms with E-state index in [1.807, 2.05) is 0 Å². The maximum absolute atomic E-state index is 13.2. The SMILES string of the molecule is Cc1cc(C(=O)N2CCOC3(C=C(N)C(=O)C(C)(C)C3)C2)c(C(F)(F)F)o1. The summed E-state index contributed by atoms with van der Waals surface area (Å²) in [5.41, 5.74) is 3.55. The largest absolute Gasteiger partial charge is 0.456 e. The van der Waals surface area contributed by atoms with Crippen molar-refractivity contribution in [1.82, 2.24) is 4.90 Å². The van der Waals surface area contributed by atoms with Crippen molar-refractivity contribution in [1.29, 1.82) is 0 Å². The van der Waals surface area contributed by atoms with Crippen LogP contribution in [0.25, 0.3) is 0 Å². The molecule has 3 rings (SSSR count). The summed E-state index contributed by atoms with van der Waals surface area (Å²) in [6.45, 7) is 5.06. The van der Waals surface area contributed by atoms with Crippen LogP contribution in [-0.4, -0.2) is 41.9 Å². The van der Waals surface area contributed by atoms with Gasteiger partial charge in [-0.1, -0.05) is 13.8 Å². The molecule has 1 aliphatic heterocycles. The molecule has 1 spiro atoms. The fraction of sp³-hybridized carbons (Fsp3) is 0.556. The predicted molar refractivity (Wildman–Crippen MR) is 88.7 cm³/mol. The number of ketones is 1. The van der Waals surface area contributed by atoms with Crippen LogP contribution in [0.5, 0.6) is 0 Å². The van der Waals surface area contributed by atoms with Gasteiger partial charge in [0.1, 0.15) is 11.4 Å². The Morgan fingerprint density at radius 3 is 2.59 bits per heavy atom. The maximum Gasteiger partial charge on any atom is 0.450 e. The number of hydrogen-bond donors (Lipinski definition) is 1. The monoisotopic (exact) mass is 386 g/mol. The molecule has 0 saturated carbocycles. The lowest BCUT2D eigenvalue weighted by Crippen LogP contribution is -2.57. The minimum absolute atomic E-state index is 0.00202. The van der Waals surface area contributed by atoms with Crippen LogP contribution in [0.2, 0.25) is 0 Å². The Labute approximate surface area is 154 Å². The molecule has 1 fully saturated rings. The zero-order valence-corrected chi connectivity index (χ0v) is 15.3. The van der Waals surface area contributed by atoms with Gasteiger partial charge in [-0.3, -0.25) is 9.59 Å².